The molecular weight excluding hydrogens is 244 g/mol. The predicted octanol–water partition coefficient (Wildman–Crippen LogP) is 2.89. The van der Waals surface area contributed by atoms with Crippen molar-refractivity contribution in [2.24, 2.45) is 5.92 Å². The van der Waals surface area contributed by atoms with Gasteiger partial charge in [-0.2, -0.15) is 0 Å². The van der Waals surface area contributed by atoms with Crippen molar-refractivity contribution >= 4 is 5.97 Å². The summed E-state index contributed by atoms with van der Waals surface area (Å²) >= 11 is 0. The molecule has 1 aliphatic rings. The van der Waals surface area contributed by atoms with Gasteiger partial charge < -0.3 is 14.6 Å². The lowest BCUT2D eigenvalue weighted by Crippen LogP contribution is -2.04. The molecule has 0 amide bonds. The van der Waals surface area contributed by atoms with Gasteiger partial charge in [-0.25, -0.2) is 0 Å². The van der Waals surface area contributed by atoms with Crippen molar-refractivity contribution in [1.29, 1.82) is 0 Å². The van der Waals surface area contributed by atoms with E-state index in [2.05, 4.69) is 0 Å². The fraction of sp³-hybridized carbons (Fsp3) is 0.533. The van der Waals surface area contributed by atoms with E-state index in [1.807, 2.05) is 18.2 Å². The molecule has 1 saturated carbocycles. The molecule has 104 valence electrons. The van der Waals surface area contributed by atoms with Crippen molar-refractivity contribution in [2.45, 2.75) is 32.1 Å². The van der Waals surface area contributed by atoms with Crippen LogP contribution in [0.2, 0.25) is 0 Å². The molecule has 0 aromatic heterocycles. The largest absolute Gasteiger partial charge is 0.493 e. The van der Waals surface area contributed by atoms with Crippen molar-refractivity contribution in [2.75, 3.05) is 13.7 Å². The number of rotatable bonds is 8. The zero-order chi connectivity index (χ0) is 13.7. The number of aliphatic carboxylic acids is 1. The van der Waals surface area contributed by atoms with Crippen LogP contribution in [0.5, 0.6) is 11.5 Å². The van der Waals surface area contributed by atoms with Crippen LogP contribution in [0, 0.1) is 5.92 Å². The molecular formula is C15H20O4. The molecule has 0 spiro atoms. The number of carboxylic acid groups (broad SMARTS) is 1. The summed E-state index contributed by atoms with van der Waals surface area (Å²) in [5.74, 6) is 1.43. The van der Waals surface area contributed by atoms with Gasteiger partial charge in [0.05, 0.1) is 13.7 Å². The van der Waals surface area contributed by atoms with Gasteiger partial charge in [0, 0.05) is 6.42 Å². The van der Waals surface area contributed by atoms with Gasteiger partial charge in [0.2, 0.25) is 0 Å². The Morgan fingerprint density at radius 2 is 2.21 bits per heavy atom. The van der Waals surface area contributed by atoms with Gasteiger partial charge in [-0.1, -0.05) is 12.1 Å². The minimum atomic E-state index is -0.761. The number of para-hydroxylation sites is 1. The number of ether oxygens (including phenoxy) is 2. The fourth-order valence-corrected chi connectivity index (χ4v) is 2.00. The molecule has 0 aliphatic heterocycles. The monoisotopic (exact) mass is 264 g/mol. The average molecular weight is 264 g/mol. The third-order valence-corrected chi connectivity index (χ3v) is 3.28. The molecule has 4 heteroatoms. The third kappa shape index (κ3) is 4.16. The maximum Gasteiger partial charge on any atom is 0.303 e. The summed E-state index contributed by atoms with van der Waals surface area (Å²) in [6, 6.07) is 5.77. The van der Waals surface area contributed by atoms with Crippen LogP contribution in [-0.4, -0.2) is 24.8 Å². The van der Waals surface area contributed by atoms with Crippen LogP contribution in [0.25, 0.3) is 0 Å². The van der Waals surface area contributed by atoms with E-state index in [1.165, 1.54) is 12.8 Å². The van der Waals surface area contributed by atoms with E-state index in [0.717, 1.165) is 23.7 Å². The van der Waals surface area contributed by atoms with Crippen LogP contribution in [0.1, 0.15) is 31.2 Å². The molecule has 4 nitrogen and oxygen atoms in total. The quantitative estimate of drug-likeness (QED) is 0.784. The third-order valence-electron chi connectivity index (χ3n) is 3.28. The van der Waals surface area contributed by atoms with Crippen LogP contribution >= 0.6 is 0 Å². The molecule has 0 radical (unpaired) electrons. The van der Waals surface area contributed by atoms with E-state index in [-0.39, 0.29) is 6.42 Å². The summed E-state index contributed by atoms with van der Waals surface area (Å²) in [6.45, 7) is 0.728. The number of carbonyl (C=O) groups is 1. The lowest BCUT2D eigenvalue weighted by molar-refractivity contribution is -0.137. The normalized spacial score (nSPS) is 14.2. The van der Waals surface area contributed by atoms with Gasteiger partial charge in [-0.15, -0.1) is 0 Å². The summed E-state index contributed by atoms with van der Waals surface area (Å²) in [7, 11) is 1.63. The minimum Gasteiger partial charge on any atom is -0.493 e. The highest BCUT2D eigenvalue weighted by atomic mass is 16.5. The Kier molecular flexibility index (Phi) is 4.66. The first-order valence-electron chi connectivity index (χ1n) is 6.71. The van der Waals surface area contributed by atoms with Crippen molar-refractivity contribution in [3.63, 3.8) is 0 Å². The van der Waals surface area contributed by atoms with Crippen LogP contribution in [0.3, 0.4) is 0 Å². The molecule has 0 heterocycles. The highest BCUT2D eigenvalue weighted by molar-refractivity contribution is 5.66. The Labute approximate surface area is 113 Å². The van der Waals surface area contributed by atoms with E-state index < -0.39 is 5.97 Å². The SMILES string of the molecule is COc1cccc(CCCC(=O)O)c1OCC1CC1. The molecule has 0 saturated heterocycles. The van der Waals surface area contributed by atoms with E-state index in [9.17, 15) is 4.79 Å². The van der Waals surface area contributed by atoms with Crippen LogP contribution in [-0.2, 0) is 11.2 Å². The Morgan fingerprint density at radius 3 is 2.84 bits per heavy atom. The molecule has 1 aromatic carbocycles. The molecule has 1 aromatic rings. The van der Waals surface area contributed by atoms with Gasteiger partial charge in [-0.05, 0) is 43.2 Å². The smallest absolute Gasteiger partial charge is 0.303 e. The van der Waals surface area contributed by atoms with Crippen LogP contribution in [0.4, 0.5) is 0 Å². The number of aryl methyl sites for hydroxylation is 1. The molecule has 0 atom stereocenters. The molecule has 0 bridgehead atoms. The van der Waals surface area contributed by atoms with E-state index in [4.69, 9.17) is 14.6 Å². The maximum absolute atomic E-state index is 10.6. The summed E-state index contributed by atoms with van der Waals surface area (Å²) in [6.07, 6.45) is 3.97. The Balaban J connectivity index is 2.03. The van der Waals surface area contributed by atoms with Crippen molar-refractivity contribution in [3.8, 4) is 11.5 Å². The number of benzene rings is 1. The Hall–Kier alpha value is -1.71. The minimum absolute atomic E-state index is 0.180. The molecule has 1 N–H and O–H groups in total. The van der Waals surface area contributed by atoms with Gasteiger partial charge in [0.1, 0.15) is 0 Å². The van der Waals surface area contributed by atoms with Crippen LogP contribution < -0.4 is 9.47 Å². The van der Waals surface area contributed by atoms with E-state index in [0.29, 0.717) is 18.8 Å². The van der Waals surface area contributed by atoms with Gasteiger partial charge in [0.15, 0.2) is 11.5 Å². The first-order valence-corrected chi connectivity index (χ1v) is 6.71. The van der Waals surface area contributed by atoms with Crippen molar-refractivity contribution in [3.05, 3.63) is 23.8 Å². The molecule has 1 fully saturated rings. The number of hydrogen-bond donors (Lipinski definition) is 1. The number of hydrogen-bond acceptors (Lipinski definition) is 3. The molecule has 19 heavy (non-hydrogen) atoms. The second-order valence-corrected chi connectivity index (χ2v) is 4.95. The molecule has 1 aliphatic carbocycles. The zero-order valence-electron chi connectivity index (χ0n) is 11.2. The second kappa shape index (κ2) is 6.45. The lowest BCUT2D eigenvalue weighted by Gasteiger charge is -2.14. The standard InChI is InChI=1S/C15H20O4/c1-18-13-6-2-4-12(5-3-7-14(16)17)15(13)19-10-11-8-9-11/h2,4,6,11H,3,5,7-10H2,1H3,(H,16,17). The summed E-state index contributed by atoms with van der Waals surface area (Å²) in [5, 5.41) is 8.69. The van der Waals surface area contributed by atoms with Gasteiger partial charge in [0.25, 0.3) is 0 Å². The van der Waals surface area contributed by atoms with Gasteiger partial charge in [-0.3, -0.25) is 4.79 Å². The van der Waals surface area contributed by atoms with Gasteiger partial charge >= 0.3 is 5.97 Å². The average Bonchev–Trinajstić information content (AvgIpc) is 3.20. The fourth-order valence-electron chi connectivity index (χ4n) is 2.00. The van der Waals surface area contributed by atoms with Crippen molar-refractivity contribution < 1.29 is 19.4 Å². The van der Waals surface area contributed by atoms with Crippen molar-refractivity contribution in [1.82, 2.24) is 0 Å². The zero-order valence-corrected chi connectivity index (χ0v) is 11.2. The highest BCUT2D eigenvalue weighted by Crippen LogP contribution is 2.35. The van der Waals surface area contributed by atoms with E-state index >= 15 is 0 Å². The topological polar surface area (TPSA) is 55.8 Å². The second-order valence-electron chi connectivity index (χ2n) is 4.95. The predicted molar refractivity (Wildman–Crippen MR) is 71.8 cm³/mol. The highest BCUT2D eigenvalue weighted by Gasteiger charge is 2.23. The summed E-state index contributed by atoms with van der Waals surface area (Å²) in [4.78, 5) is 10.6. The summed E-state index contributed by atoms with van der Waals surface area (Å²) in [5.41, 5.74) is 1.03. The van der Waals surface area contributed by atoms with Crippen LogP contribution in [0.15, 0.2) is 18.2 Å². The Bertz CT molecular complexity index is 438. The van der Waals surface area contributed by atoms with E-state index in [1.54, 1.807) is 7.11 Å². The Morgan fingerprint density at radius 1 is 1.42 bits per heavy atom. The molecule has 2 rings (SSSR count). The molecule has 0 unspecified atom stereocenters. The first-order chi connectivity index (χ1) is 9.20. The number of methoxy groups -OCH3 is 1. The lowest BCUT2D eigenvalue weighted by atomic mass is 10.1. The first kappa shape index (κ1) is 13.7. The number of carboxylic acids is 1. The maximum atomic E-state index is 10.6. The summed E-state index contributed by atoms with van der Waals surface area (Å²) < 4.78 is 11.2.